The highest BCUT2D eigenvalue weighted by molar-refractivity contribution is 5.82. The number of Topliss-reactive ketones (excluding diaryl/α,β-unsaturated/α-hetero) is 1. The highest BCUT2D eigenvalue weighted by Crippen LogP contribution is 2.16. The smallest absolute Gasteiger partial charge is 0.141 e. The van der Waals surface area contributed by atoms with Crippen LogP contribution in [-0.4, -0.2) is 57.2 Å². The van der Waals surface area contributed by atoms with E-state index in [1.807, 2.05) is 0 Å². The van der Waals surface area contributed by atoms with E-state index in [1.165, 1.54) is 12.8 Å². The molecular formula is C13H23NO3. The molecule has 98 valence electrons. The number of rotatable bonds is 4. The van der Waals surface area contributed by atoms with Crippen LogP contribution < -0.4 is 0 Å². The Hall–Kier alpha value is -0.450. The Balaban J connectivity index is 1.71. The zero-order chi connectivity index (χ0) is 12.1. The number of carbonyl (C=O) groups excluding carboxylic acids is 1. The van der Waals surface area contributed by atoms with Crippen molar-refractivity contribution in [3.8, 4) is 0 Å². The Labute approximate surface area is 103 Å². The second-order valence-corrected chi connectivity index (χ2v) is 5.29. The van der Waals surface area contributed by atoms with E-state index in [4.69, 9.17) is 9.47 Å². The Morgan fingerprint density at radius 3 is 2.76 bits per heavy atom. The molecule has 0 aromatic carbocycles. The van der Waals surface area contributed by atoms with Crippen molar-refractivity contribution in [2.45, 2.75) is 19.3 Å². The van der Waals surface area contributed by atoms with Crippen LogP contribution in [0.3, 0.4) is 0 Å². The minimum absolute atomic E-state index is 0.0817. The van der Waals surface area contributed by atoms with Gasteiger partial charge in [-0.05, 0) is 25.8 Å². The maximum absolute atomic E-state index is 11.7. The summed E-state index contributed by atoms with van der Waals surface area (Å²) in [7, 11) is 2.09. The molecule has 2 aliphatic rings. The first-order chi connectivity index (χ1) is 8.25. The fourth-order valence-electron chi connectivity index (χ4n) is 2.69. The second-order valence-electron chi connectivity index (χ2n) is 5.29. The summed E-state index contributed by atoms with van der Waals surface area (Å²) in [6, 6.07) is 0. The van der Waals surface area contributed by atoms with Crippen molar-refractivity contribution in [2.24, 2.45) is 11.8 Å². The van der Waals surface area contributed by atoms with E-state index in [0.717, 1.165) is 26.3 Å². The van der Waals surface area contributed by atoms with Crippen molar-refractivity contribution >= 4 is 5.78 Å². The maximum Gasteiger partial charge on any atom is 0.141 e. The van der Waals surface area contributed by atoms with Gasteiger partial charge in [-0.3, -0.25) is 4.79 Å². The molecule has 4 heteroatoms. The molecule has 2 saturated heterocycles. The summed E-state index contributed by atoms with van der Waals surface area (Å²) in [5, 5.41) is 0. The third-order valence-electron chi connectivity index (χ3n) is 3.62. The monoisotopic (exact) mass is 241 g/mol. The summed E-state index contributed by atoms with van der Waals surface area (Å²) in [6.45, 7) is 4.85. The van der Waals surface area contributed by atoms with Gasteiger partial charge in [0.15, 0.2) is 0 Å². The van der Waals surface area contributed by atoms with Gasteiger partial charge in [0.1, 0.15) is 5.78 Å². The Bertz CT molecular complexity index is 251. The van der Waals surface area contributed by atoms with Gasteiger partial charge in [0.2, 0.25) is 0 Å². The van der Waals surface area contributed by atoms with Gasteiger partial charge in [0, 0.05) is 26.1 Å². The van der Waals surface area contributed by atoms with Crippen molar-refractivity contribution in [3.05, 3.63) is 0 Å². The Kier molecular flexibility index (Phi) is 4.95. The molecule has 2 fully saturated rings. The van der Waals surface area contributed by atoms with Gasteiger partial charge in [-0.1, -0.05) is 0 Å². The third kappa shape index (κ3) is 4.05. The Morgan fingerprint density at radius 1 is 1.24 bits per heavy atom. The lowest BCUT2D eigenvalue weighted by atomic mass is 9.98. The van der Waals surface area contributed by atoms with Crippen molar-refractivity contribution in [1.82, 2.24) is 4.90 Å². The predicted molar refractivity (Wildman–Crippen MR) is 65.0 cm³/mol. The molecule has 2 rings (SSSR count). The van der Waals surface area contributed by atoms with Crippen LogP contribution in [0.25, 0.3) is 0 Å². The van der Waals surface area contributed by atoms with Crippen molar-refractivity contribution in [1.29, 1.82) is 0 Å². The maximum atomic E-state index is 11.7. The lowest BCUT2D eigenvalue weighted by molar-refractivity contribution is -0.131. The van der Waals surface area contributed by atoms with E-state index in [0.29, 0.717) is 31.3 Å². The van der Waals surface area contributed by atoms with Crippen LogP contribution >= 0.6 is 0 Å². The largest absolute Gasteiger partial charge is 0.381 e. The zero-order valence-electron chi connectivity index (χ0n) is 10.7. The molecule has 0 amide bonds. The molecule has 2 atom stereocenters. The number of ether oxygens (including phenoxy) is 2. The summed E-state index contributed by atoms with van der Waals surface area (Å²) < 4.78 is 10.8. The normalized spacial score (nSPS) is 30.8. The zero-order valence-corrected chi connectivity index (χ0v) is 10.7. The molecule has 2 aliphatic heterocycles. The first kappa shape index (κ1) is 13.0. The van der Waals surface area contributed by atoms with Crippen LogP contribution in [0.1, 0.15) is 19.3 Å². The highest BCUT2D eigenvalue weighted by Gasteiger charge is 2.25. The lowest BCUT2D eigenvalue weighted by Gasteiger charge is -2.30. The molecule has 0 N–H and O–H groups in total. The fraction of sp³-hybridized carbons (Fsp3) is 0.923. The van der Waals surface area contributed by atoms with E-state index in [2.05, 4.69) is 11.9 Å². The van der Waals surface area contributed by atoms with Gasteiger partial charge in [-0.2, -0.15) is 0 Å². The predicted octanol–water partition coefficient (Wildman–Crippen LogP) is 0.950. The van der Waals surface area contributed by atoms with Gasteiger partial charge in [-0.25, -0.2) is 0 Å². The molecule has 2 unspecified atom stereocenters. The topological polar surface area (TPSA) is 38.8 Å². The van der Waals surface area contributed by atoms with Gasteiger partial charge in [0.05, 0.1) is 25.7 Å². The van der Waals surface area contributed by atoms with Crippen LogP contribution in [0, 0.1) is 11.8 Å². The average Bonchev–Trinajstić information content (AvgIpc) is 2.33. The third-order valence-corrected chi connectivity index (χ3v) is 3.62. The second kappa shape index (κ2) is 6.47. The number of nitrogens with zero attached hydrogens (tertiary/aromatic N) is 1. The quantitative estimate of drug-likeness (QED) is 0.734. The van der Waals surface area contributed by atoms with Crippen molar-refractivity contribution in [3.63, 3.8) is 0 Å². The molecular weight excluding hydrogens is 218 g/mol. The van der Waals surface area contributed by atoms with E-state index < -0.39 is 0 Å². The van der Waals surface area contributed by atoms with E-state index in [1.54, 1.807) is 0 Å². The average molecular weight is 241 g/mol. The first-order valence-corrected chi connectivity index (χ1v) is 6.62. The Morgan fingerprint density at radius 2 is 2.06 bits per heavy atom. The van der Waals surface area contributed by atoms with Gasteiger partial charge < -0.3 is 14.4 Å². The van der Waals surface area contributed by atoms with Gasteiger partial charge in [0.25, 0.3) is 0 Å². The number of carbonyl (C=O) groups is 1. The molecule has 0 aliphatic carbocycles. The highest BCUT2D eigenvalue weighted by atomic mass is 16.5. The molecule has 0 aromatic rings. The molecule has 2 heterocycles. The summed E-state index contributed by atoms with van der Waals surface area (Å²) in [6.07, 6.45) is 3.01. The van der Waals surface area contributed by atoms with Crippen molar-refractivity contribution in [2.75, 3.05) is 46.6 Å². The molecule has 0 bridgehead atoms. The minimum atomic E-state index is 0.0817. The summed E-state index contributed by atoms with van der Waals surface area (Å²) in [4.78, 5) is 14.0. The number of hydrogen-bond acceptors (Lipinski definition) is 4. The van der Waals surface area contributed by atoms with E-state index in [-0.39, 0.29) is 5.92 Å². The van der Waals surface area contributed by atoms with Crippen LogP contribution in [0.5, 0.6) is 0 Å². The van der Waals surface area contributed by atoms with Crippen LogP contribution in [-0.2, 0) is 14.3 Å². The fourth-order valence-corrected chi connectivity index (χ4v) is 2.69. The summed E-state index contributed by atoms with van der Waals surface area (Å²) in [5.74, 6) is 1.08. The van der Waals surface area contributed by atoms with Gasteiger partial charge in [-0.15, -0.1) is 0 Å². The van der Waals surface area contributed by atoms with E-state index >= 15 is 0 Å². The molecule has 0 aromatic heterocycles. The first-order valence-electron chi connectivity index (χ1n) is 6.62. The number of hydrogen-bond donors (Lipinski definition) is 0. The van der Waals surface area contributed by atoms with E-state index in [9.17, 15) is 4.79 Å². The summed E-state index contributed by atoms with van der Waals surface area (Å²) in [5.41, 5.74) is 0. The number of ketones is 1. The molecule has 0 saturated carbocycles. The molecule has 4 nitrogen and oxygen atoms in total. The lowest BCUT2D eigenvalue weighted by Crippen LogP contribution is -2.39. The van der Waals surface area contributed by atoms with Crippen LogP contribution in [0.4, 0.5) is 0 Å². The van der Waals surface area contributed by atoms with Crippen LogP contribution in [0.15, 0.2) is 0 Å². The molecule has 0 spiro atoms. The SMILES string of the molecule is CN(CC1CCCOC1)CC1COCCC1=O. The van der Waals surface area contributed by atoms with Crippen LogP contribution in [0.2, 0.25) is 0 Å². The summed E-state index contributed by atoms with van der Waals surface area (Å²) >= 11 is 0. The van der Waals surface area contributed by atoms with Gasteiger partial charge >= 0.3 is 0 Å². The molecule has 0 radical (unpaired) electrons. The van der Waals surface area contributed by atoms with Crippen molar-refractivity contribution < 1.29 is 14.3 Å². The standard InChI is InChI=1S/C13H23NO3/c1-14(7-11-3-2-5-16-9-11)8-12-10-17-6-4-13(12)15/h11-12H,2-10H2,1H3. The minimum Gasteiger partial charge on any atom is -0.381 e. The molecule has 17 heavy (non-hydrogen) atoms.